The molecule has 0 fully saturated rings. The van der Waals surface area contributed by atoms with Gasteiger partial charge in [0.1, 0.15) is 15.2 Å². The van der Waals surface area contributed by atoms with Crippen LogP contribution < -0.4 is 4.74 Å². The highest BCUT2D eigenvalue weighted by atomic mass is 35.5. The van der Waals surface area contributed by atoms with Gasteiger partial charge in [-0.15, -0.1) is 22.9 Å². The van der Waals surface area contributed by atoms with Crippen LogP contribution in [0.2, 0.25) is 0 Å². The normalized spacial score (nSPS) is 11.4. The van der Waals surface area contributed by atoms with Gasteiger partial charge in [-0.3, -0.25) is 0 Å². The van der Waals surface area contributed by atoms with Crippen LogP contribution in [0, 0.1) is 0 Å². The van der Waals surface area contributed by atoms with Crippen molar-refractivity contribution >= 4 is 32.8 Å². The summed E-state index contributed by atoms with van der Waals surface area (Å²) in [6, 6.07) is 10.8. The minimum atomic E-state index is -3.34. The van der Waals surface area contributed by atoms with Crippen LogP contribution in [0.5, 0.6) is 5.75 Å². The molecule has 1 aromatic carbocycles. The molecule has 1 heterocycles. The lowest BCUT2D eigenvalue weighted by Crippen LogP contribution is -1.98. The van der Waals surface area contributed by atoms with Crippen LogP contribution in [0.4, 0.5) is 0 Å². The maximum atomic E-state index is 11.6. The highest BCUT2D eigenvalue weighted by Gasteiger charge is 2.15. The number of methoxy groups -OCH3 is 1. The molecular weight excluding hydrogens is 292 g/mol. The van der Waals surface area contributed by atoms with Gasteiger partial charge in [-0.25, -0.2) is 8.42 Å². The molecule has 0 bridgehead atoms. The smallest absolute Gasteiger partial charge is 0.201 e. The summed E-state index contributed by atoms with van der Waals surface area (Å²) >= 11 is 6.64. The Morgan fingerprint density at radius 1 is 1.17 bits per heavy atom. The van der Waals surface area contributed by atoms with E-state index in [0.29, 0.717) is 4.21 Å². The van der Waals surface area contributed by atoms with Crippen LogP contribution >= 0.6 is 22.9 Å². The van der Waals surface area contributed by atoms with Crippen molar-refractivity contribution in [3.8, 4) is 16.2 Å². The van der Waals surface area contributed by atoms with E-state index in [4.69, 9.17) is 16.3 Å². The fraction of sp³-hybridized carbons (Fsp3) is 0.167. The van der Waals surface area contributed by atoms with Gasteiger partial charge in [-0.05, 0) is 42.0 Å². The highest BCUT2D eigenvalue weighted by Crippen LogP contribution is 2.32. The number of ether oxygens (including phenoxy) is 1. The zero-order valence-corrected chi connectivity index (χ0v) is 12.0. The molecule has 0 aliphatic carbocycles. The molecule has 3 nitrogen and oxygen atoms in total. The molecule has 1 aromatic heterocycles. The third kappa shape index (κ3) is 2.68. The molecule has 2 rings (SSSR count). The van der Waals surface area contributed by atoms with Crippen molar-refractivity contribution in [1.82, 2.24) is 0 Å². The maximum absolute atomic E-state index is 11.6. The fourth-order valence-electron chi connectivity index (χ4n) is 1.45. The second-order valence-electron chi connectivity index (χ2n) is 3.57. The zero-order chi connectivity index (χ0) is 13.2. The third-order valence-corrected chi connectivity index (χ3v) is 6.25. The molecule has 0 radical (unpaired) electrons. The molecule has 0 spiro atoms. The number of hydrogen-bond acceptors (Lipinski definition) is 4. The predicted octanol–water partition coefficient (Wildman–Crippen LogP) is 3.39. The maximum Gasteiger partial charge on any atom is 0.201 e. The van der Waals surface area contributed by atoms with Crippen molar-refractivity contribution in [3.05, 3.63) is 36.4 Å². The molecule has 0 aliphatic heterocycles. The first-order valence-electron chi connectivity index (χ1n) is 5.10. The molecule has 0 saturated heterocycles. The summed E-state index contributed by atoms with van der Waals surface area (Å²) in [4.78, 5) is 0.890. The SMILES string of the molecule is COc1ccc(-c2ccc(S(=O)(=O)CCl)s2)cc1. The van der Waals surface area contributed by atoms with E-state index >= 15 is 0 Å². The average molecular weight is 303 g/mol. The van der Waals surface area contributed by atoms with Gasteiger partial charge in [-0.2, -0.15) is 0 Å². The Balaban J connectivity index is 2.35. The largest absolute Gasteiger partial charge is 0.497 e. The number of sulfone groups is 1. The van der Waals surface area contributed by atoms with Gasteiger partial charge in [0, 0.05) is 4.88 Å². The standard InChI is InChI=1S/C12H11ClO3S2/c1-16-10-4-2-9(3-5-10)11-6-7-12(17-11)18(14,15)8-13/h2-7H,8H2,1H3. The van der Waals surface area contributed by atoms with Crippen molar-refractivity contribution in [2.45, 2.75) is 4.21 Å². The Hall–Kier alpha value is -1.04. The number of halogens is 1. The molecule has 0 unspecified atom stereocenters. The van der Waals surface area contributed by atoms with Gasteiger partial charge in [0.2, 0.25) is 9.84 Å². The van der Waals surface area contributed by atoms with Crippen molar-refractivity contribution < 1.29 is 13.2 Å². The molecule has 0 amide bonds. The van der Waals surface area contributed by atoms with Gasteiger partial charge in [0.05, 0.1) is 7.11 Å². The van der Waals surface area contributed by atoms with Crippen molar-refractivity contribution in [2.75, 3.05) is 12.3 Å². The molecule has 6 heteroatoms. The van der Waals surface area contributed by atoms with E-state index in [9.17, 15) is 8.42 Å². The van der Waals surface area contributed by atoms with Crippen molar-refractivity contribution in [2.24, 2.45) is 0 Å². The van der Waals surface area contributed by atoms with Crippen molar-refractivity contribution in [3.63, 3.8) is 0 Å². The Bertz CT molecular complexity index is 630. The Morgan fingerprint density at radius 3 is 2.39 bits per heavy atom. The van der Waals surface area contributed by atoms with E-state index in [-0.39, 0.29) is 0 Å². The predicted molar refractivity (Wildman–Crippen MR) is 74.2 cm³/mol. The lowest BCUT2D eigenvalue weighted by Gasteiger charge is -2.00. The van der Waals surface area contributed by atoms with E-state index in [1.807, 2.05) is 24.3 Å². The minimum Gasteiger partial charge on any atom is -0.497 e. The third-order valence-electron chi connectivity index (χ3n) is 2.41. The second kappa shape index (κ2) is 5.30. The van der Waals surface area contributed by atoms with Gasteiger partial charge in [-0.1, -0.05) is 0 Å². The summed E-state index contributed by atoms with van der Waals surface area (Å²) in [5.41, 5.74) is 0.955. The number of alkyl halides is 1. The first kappa shape index (κ1) is 13.4. The van der Waals surface area contributed by atoms with Crippen LogP contribution in [-0.2, 0) is 9.84 Å². The number of thiophene rings is 1. The summed E-state index contributed by atoms with van der Waals surface area (Å²) in [5, 5.41) is -0.393. The molecule has 2 aromatic rings. The summed E-state index contributed by atoms with van der Waals surface area (Å²) in [6.07, 6.45) is 0. The molecule has 0 saturated carbocycles. The molecular formula is C12H11ClO3S2. The van der Waals surface area contributed by atoms with Crippen LogP contribution in [0.3, 0.4) is 0 Å². The topological polar surface area (TPSA) is 43.4 Å². The lowest BCUT2D eigenvalue weighted by molar-refractivity contribution is 0.415. The molecule has 96 valence electrons. The lowest BCUT2D eigenvalue weighted by atomic mass is 10.2. The number of benzene rings is 1. The van der Waals surface area contributed by atoms with Gasteiger partial charge < -0.3 is 4.74 Å². The highest BCUT2D eigenvalue weighted by molar-refractivity contribution is 7.94. The minimum absolute atomic E-state index is 0.295. The van der Waals surface area contributed by atoms with E-state index in [0.717, 1.165) is 16.2 Å². The van der Waals surface area contributed by atoms with E-state index in [2.05, 4.69) is 0 Å². The monoisotopic (exact) mass is 302 g/mol. The van der Waals surface area contributed by atoms with Crippen molar-refractivity contribution in [1.29, 1.82) is 0 Å². The van der Waals surface area contributed by atoms with E-state index in [1.165, 1.54) is 11.3 Å². The zero-order valence-electron chi connectivity index (χ0n) is 9.59. The summed E-state index contributed by atoms with van der Waals surface area (Å²) in [7, 11) is -1.74. The van der Waals surface area contributed by atoms with Crippen LogP contribution in [0.15, 0.2) is 40.6 Å². The Morgan fingerprint density at radius 2 is 1.83 bits per heavy atom. The fourth-order valence-corrected chi connectivity index (χ4v) is 4.08. The second-order valence-corrected chi connectivity index (χ2v) is 7.46. The van der Waals surface area contributed by atoms with Gasteiger partial charge >= 0.3 is 0 Å². The summed E-state index contributed by atoms with van der Waals surface area (Å²) < 4.78 is 28.6. The first-order chi connectivity index (χ1) is 8.56. The van der Waals surface area contributed by atoms with E-state index in [1.54, 1.807) is 19.2 Å². The van der Waals surface area contributed by atoms with E-state index < -0.39 is 15.0 Å². The van der Waals surface area contributed by atoms with Gasteiger partial charge in [0.15, 0.2) is 0 Å². The van der Waals surface area contributed by atoms with Crippen LogP contribution in [-0.4, -0.2) is 20.7 Å². The number of rotatable bonds is 4. The quantitative estimate of drug-likeness (QED) is 0.813. The first-order valence-corrected chi connectivity index (χ1v) is 8.10. The summed E-state index contributed by atoms with van der Waals surface area (Å²) in [6.45, 7) is 0. The van der Waals surface area contributed by atoms with Gasteiger partial charge in [0.25, 0.3) is 0 Å². The van der Waals surface area contributed by atoms with Crippen LogP contribution in [0.25, 0.3) is 10.4 Å². The Labute approximate surface area is 115 Å². The molecule has 0 N–H and O–H groups in total. The van der Waals surface area contributed by atoms with Crippen LogP contribution in [0.1, 0.15) is 0 Å². The molecule has 0 aliphatic rings. The summed E-state index contributed by atoms with van der Waals surface area (Å²) in [5.74, 6) is 0.768. The average Bonchev–Trinajstić information content (AvgIpc) is 2.89. The number of hydrogen-bond donors (Lipinski definition) is 0. The molecule has 0 atom stereocenters. The molecule has 18 heavy (non-hydrogen) atoms. The Kier molecular flexibility index (Phi) is 3.94.